The molecule has 0 amide bonds. The molecule has 1 atom stereocenters. The molecule has 1 saturated heterocycles. The number of alkyl halides is 1. The average molecular weight is 329 g/mol. The van der Waals surface area contributed by atoms with E-state index in [1.54, 1.807) is 6.33 Å². The quantitative estimate of drug-likeness (QED) is 0.752. The lowest BCUT2D eigenvalue weighted by Crippen LogP contribution is -2.40. The van der Waals surface area contributed by atoms with Gasteiger partial charge in [-0.15, -0.1) is 0 Å². The third-order valence-electron chi connectivity index (χ3n) is 3.77. The molecule has 19 heavy (non-hydrogen) atoms. The Balaban J connectivity index is 2.00. The van der Waals surface area contributed by atoms with Crippen LogP contribution in [0.25, 0.3) is 0 Å². The molecule has 0 bridgehead atoms. The molecule has 1 unspecified atom stereocenters. The van der Waals surface area contributed by atoms with E-state index in [1.165, 1.54) is 32.2 Å². The highest BCUT2D eigenvalue weighted by molar-refractivity contribution is 9.09. The second-order valence-electron chi connectivity index (χ2n) is 5.85. The van der Waals surface area contributed by atoms with Crippen LogP contribution < -0.4 is 0 Å². The summed E-state index contributed by atoms with van der Waals surface area (Å²) in [6.45, 7) is 7.56. The fourth-order valence-corrected chi connectivity index (χ4v) is 3.34. The molecule has 1 aromatic rings. The van der Waals surface area contributed by atoms with Gasteiger partial charge in [-0.1, -0.05) is 36.2 Å². The molecule has 2 heterocycles. The van der Waals surface area contributed by atoms with Crippen LogP contribution in [0.4, 0.5) is 0 Å². The molecule has 108 valence electrons. The summed E-state index contributed by atoms with van der Waals surface area (Å²) in [5.41, 5.74) is 0. The molecule has 1 fully saturated rings. The Bertz CT molecular complexity index is 375. The highest BCUT2D eigenvalue weighted by Gasteiger charge is 2.23. The largest absolute Gasteiger partial charge is 0.293 e. The zero-order valence-electron chi connectivity index (χ0n) is 12.1. The maximum atomic E-state index is 4.46. The van der Waals surface area contributed by atoms with Crippen LogP contribution in [0, 0.1) is 5.92 Å². The third kappa shape index (κ3) is 4.28. The first-order chi connectivity index (χ1) is 9.20. The zero-order chi connectivity index (χ0) is 13.7. The minimum absolute atomic E-state index is 0.611. The van der Waals surface area contributed by atoms with Gasteiger partial charge in [0.05, 0.1) is 6.54 Å². The van der Waals surface area contributed by atoms with Crippen molar-refractivity contribution in [2.45, 2.75) is 58.7 Å². The van der Waals surface area contributed by atoms with Crippen LogP contribution in [0.2, 0.25) is 0 Å². The van der Waals surface area contributed by atoms with Crippen LogP contribution in [0.3, 0.4) is 0 Å². The van der Waals surface area contributed by atoms with Crippen molar-refractivity contribution in [1.29, 1.82) is 0 Å². The van der Waals surface area contributed by atoms with Crippen molar-refractivity contribution in [3.63, 3.8) is 0 Å². The van der Waals surface area contributed by atoms with Gasteiger partial charge in [-0.3, -0.25) is 4.90 Å². The molecule has 1 aliphatic rings. The van der Waals surface area contributed by atoms with Gasteiger partial charge in [0.25, 0.3) is 0 Å². The van der Waals surface area contributed by atoms with Crippen molar-refractivity contribution in [2.75, 3.05) is 11.9 Å². The van der Waals surface area contributed by atoms with Crippen LogP contribution in [0.5, 0.6) is 0 Å². The maximum absolute atomic E-state index is 4.46. The Morgan fingerprint density at radius 3 is 3.00 bits per heavy atom. The molecular weight excluding hydrogens is 304 g/mol. The fraction of sp³-hybridized carbons (Fsp3) is 0.857. The lowest BCUT2D eigenvalue weighted by atomic mass is 10.00. The van der Waals surface area contributed by atoms with E-state index in [0.717, 1.165) is 24.2 Å². The number of nitrogens with zero attached hydrogens (tertiary/aromatic N) is 4. The van der Waals surface area contributed by atoms with Crippen molar-refractivity contribution in [3.8, 4) is 0 Å². The first kappa shape index (κ1) is 15.0. The van der Waals surface area contributed by atoms with Crippen molar-refractivity contribution in [2.24, 2.45) is 5.92 Å². The molecule has 0 spiro atoms. The summed E-state index contributed by atoms with van der Waals surface area (Å²) in [5.74, 6) is 1.73. The molecule has 5 heteroatoms. The topological polar surface area (TPSA) is 34.0 Å². The predicted octanol–water partition coefficient (Wildman–Crippen LogP) is 3.07. The standard InChI is InChI=1S/C14H25BrN4/c1-12(2)9-19-14(16-11-17-19)10-18-8-4-3-5-13(18)6-7-15/h11-13H,3-10H2,1-2H3. The van der Waals surface area contributed by atoms with E-state index in [2.05, 4.69) is 49.4 Å². The first-order valence-electron chi connectivity index (χ1n) is 7.37. The molecular formula is C14H25BrN4. The molecule has 0 aromatic carbocycles. The number of halogens is 1. The molecule has 0 aliphatic carbocycles. The Morgan fingerprint density at radius 1 is 1.42 bits per heavy atom. The summed E-state index contributed by atoms with van der Waals surface area (Å²) in [4.78, 5) is 7.05. The number of hydrogen-bond acceptors (Lipinski definition) is 3. The fourth-order valence-electron chi connectivity index (χ4n) is 2.81. The lowest BCUT2D eigenvalue weighted by Gasteiger charge is -2.35. The van der Waals surface area contributed by atoms with Gasteiger partial charge in [0.2, 0.25) is 0 Å². The van der Waals surface area contributed by atoms with Crippen LogP contribution in [-0.4, -0.2) is 37.6 Å². The summed E-state index contributed by atoms with van der Waals surface area (Å²) in [7, 11) is 0. The first-order valence-corrected chi connectivity index (χ1v) is 8.49. The molecule has 0 saturated carbocycles. The van der Waals surface area contributed by atoms with E-state index in [0.29, 0.717) is 12.0 Å². The summed E-state index contributed by atoms with van der Waals surface area (Å²) < 4.78 is 2.07. The Labute approximate surface area is 124 Å². The summed E-state index contributed by atoms with van der Waals surface area (Å²) in [6.07, 6.45) is 6.94. The molecule has 4 nitrogen and oxygen atoms in total. The van der Waals surface area contributed by atoms with Crippen molar-refractivity contribution >= 4 is 15.9 Å². The summed E-state index contributed by atoms with van der Waals surface area (Å²) in [6, 6.07) is 0.706. The summed E-state index contributed by atoms with van der Waals surface area (Å²) >= 11 is 3.58. The predicted molar refractivity (Wildman–Crippen MR) is 81.3 cm³/mol. The zero-order valence-corrected chi connectivity index (χ0v) is 13.6. The van der Waals surface area contributed by atoms with Gasteiger partial charge < -0.3 is 0 Å². The van der Waals surface area contributed by atoms with E-state index in [-0.39, 0.29) is 0 Å². The molecule has 2 rings (SSSR count). The Morgan fingerprint density at radius 2 is 2.26 bits per heavy atom. The Kier molecular flexibility index (Phi) is 5.82. The maximum Gasteiger partial charge on any atom is 0.141 e. The number of rotatable bonds is 6. The number of piperidine rings is 1. The van der Waals surface area contributed by atoms with E-state index in [9.17, 15) is 0 Å². The lowest BCUT2D eigenvalue weighted by molar-refractivity contribution is 0.131. The van der Waals surface area contributed by atoms with Gasteiger partial charge in [-0.2, -0.15) is 5.10 Å². The second kappa shape index (κ2) is 7.39. The minimum atomic E-state index is 0.611. The number of likely N-dealkylation sites (tertiary alicyclic amines) is 1. The van der Waals surface area contributed by atoms with Gasteiger partial charge in [0, 0.05) is 17.9 Å². The Hall–Kier alpha value is -0.420. The molecule has 0 radical (unpaired) electrons. The smallest absolute Gasteiger partial charge is 0.141 e. The average Bonchev–Trinajstić information content (AvgIpc) is 2.79. The third-order valence-corrected chi connectivity index (χ3v) is 4.23. The highest BCUT2D eigenvalue weighted by Crippen LogP contribution is 2.22. The van der Waals surface area contributed by atoms with Crippen LogP contribution in [0.1, 0.15) is 45.4 Å². The summed E-state index contributed by atoms with van der Waals surface area (Å²) in [5, 5.41) is 5.45. The van der Waals surface area contributed by atoms with Crippen LogP contribution >= 0.6 is 15.9 Å². The van der Waals surface area contributed by atoms with Gasteiger partial charge in [-0.05, 0) is 31.7 Å². The van der Waals surface area contributed by atoms with Gasteiger partial charge in [-0.25, -0.2) is 9.67 Å². The van der Waals surface area contributed by atoms with Crippen molar-refractivity contribution in [3.05, 3.63) is 12.2 Å². The van der Waals surface area contributed by atoms with Crippen molar-refractivity contribution in [1.82, 2.24) is 19.7 Å². The van der Waals surface area contributed by atoms with Crippen molar-refractivity contribution < 1.29 is 0 Å². The number of aromatic nitrogens is 3. The molecule has 0 N–H and O–H groups in total. The highest BCUT2D eigenvalue weighted by atomic mass is 79.9. The molecule has 1 aliphatic heterocycles. The minimum Gasteiger partial charge on any atom is -0.293 e. The normalized spacial score (nSPS) is 21.2. The number of hydrogen-bond donors (Lipinski definition) is 0. The van der Waals surface area contributed by atoms with Gasteiger partial charge >= 0.3 is 0 Å². The molecule has 1 aromatic heterocycles. The van der Waals surface area contributed by atoms with E-state index in [4.69, 9.17) is 0 Å². The monoisotopic (exact) mass is 328 g/mol. The van der Waals surface area contributed by atoms with Gasteiger partial charge in [0.1, 0.15) is 12.2 Å². The second-order valence-corrected chi connectivity index (χ2v) is 6.64. The van der Waals surface area contributed by atoms with Crippen LogP contribution in [-0.2, 0) is 13.1 Å². The SMILES string of the molecule is CC(C)Cn1ncnc1CN1CCCCC1CCBr. The van der Waals surface area contributed by atoms with E-state index in [1.807, 2.05) is 0 Å². The van der Waals surface area contributed by atoms with E-state index >= 15 is 0 Å². The van der Waals surface area contributed by atoms with Crippen LogP contribution in [0.15, 0.2) is 6.33 Å². The van der Waals surface area contributed by atoms with E-state index < -0.39 is 0 Å². The van der Waals surface area contributed by atoms with Gasteiger partial charge in [0.15, 0.2) is 0 Å².